The van der Waals surface area contributed by atoms with Crippen molar-refractivity contribution in [1.29, 1.82) is 0 Å². The molecule has 0 aliphatic rings. The number of hydrogen-bond donors (Lipinski definition) is 2. The van der Waals surface area contributed by atoms with E-state index in [1.807, 2.05) is 42.5 Å². The quantitative estimate of drug-likeness (QED) is 0.602. The molecule has 5 heteroatoms. The van der Waals surface area contributed by atoms with Gasteiger partial charge in [-0.3, -0.25) is 4.79 Å². The molecule has 0 saturated heterocycles. The number of rotatable bonds is 7. The number of benzene rings is 3. The fourth-order valence-electron chi connectivity index (χ4n) is 2.78. The van der Waals surface area contributed by atoms with Crippen LogP contribution in [0.1, 0.15) is 26.3 Å². The first-order valence-corrected chi connectivity index (χ1v) is 9.03. The number of hydrogen-bond acceptors (Lipinski definition) is 4. The minimum absolute atomic E-state index is 0.282. The topological polar surface area (TPSA) is 67.4 Å². The standard InChI is InChI=1S/C23H22N2O3/c1-28-23(27)19-9-5-8-18(16-19)22(26)25-21-12-10-20(11-13-21)24-15-14-17-6-3-2-4-7-17/h2-13,16,24H,14-15H2,1H3,(H,25,26). The lowest BCUT2D eigenvalue weighted by Crippen LogP contribution is -2.13. The predicted molar refractivity (Wildman–Crippen MR) is 111 cm³/mol. The van der Waals surface area contributed by atoms with Crippen molar-refractivity contribution in [2.24, 2.45) is 0 Å². The molecule has 0 spiro atoms. The van der Waals surface area contributed by atoms with E-state index in [9.17, 15) is 9.59 Å². The number of esters is 1. The summed E-state index contributed by atoms with van der Waals surface area (Å²) in [4.78, 5) is 24.0. The Bertz CT molecular complexity index is 938. The van der Waals surface area contributed by atoms with Crippen LogP contribution in [-0.2, 0) is 11.2 Å². The minimum Gasteiger partial charge on any atom is -0.465 e. The number of methoxy groups -OCH3 is 1. The van der Waals surface area contributed by atoms with Crippen molar-refractivity contribution < 1.29 is 14.3 Å². The van der Waals surface area contributed by atoms with Crippen molar-refractivity contribution in [1.82, 2.24) is 0 Å². The highest BCUT2D eigenvalue weighted by atomic mass is 16.5. The summed E-state index contributed by atoms with van der Waals surface area (Å²) in [6.45, 7) is 0.829. The van der Waals surface area contributed by atoms with Crippen LogP contribution in [0.5, 0.6) is 0 Å². The van der Waals surface area contributed by atoms with E-state index >= 15 is 0 Å². The third kappa shape index (κ3) is 5.20. The molecule has 0 heterocycles. The fourth-order valence-corrected chi connectivity index (χ4v) is 2.78. The van der Waals surface area contributed by atoms with Crippen molar-refractivity contribution in [3.05, 3.63) is 95.6 Å². The highest BCUT2D eigenvalue weighted by Crippen LogP contribution is 2.15. The van der Waals surface area contributed by atoms with Gasteiger partial charge in [-0.1, -0.05) is 36.4 Å². The van der Waals surface area contributed by atoms with Crippen molar-refractivity contribution in [3.8, 4) is 0 Å². The monoisotopic (exact) mass is 374 g/mol. The number of anilines is 2. The summed E-state index contributed by atoms with van der Waals surface area (Å²) < 4.78 is 4.69. The molecule has 3 rings (SSSR count). The molecule has 3 aromatic carbocycles. The number of amides is 1. The summed E-state index contributed by atoms with van der Waals surface area (Å²) in [5, 5.41) is 6.20. The van der Waals surface area contributed by atoms with E-state index in [1.165, 1.54) is 18.7 Å². The van der Waals surface area contributed by atoms with Gasteiger partial charge in [0.15, 0.2) is 0 Å². The normalized spacial score (nSPS) is 10.2. The Morgan fingerprint density at radius 1 is 0.821 bits per heavy atom. The van der Waals surface area contributed by atoms with Gasteiger partial charge in [-0.05, 0) is 54.4 Å². The first kappa shape index (κ1) is 19.2. The Labute approximate surface area is 164 Å². The van der Waals surface area contributed by atoms with E-state index in [4.69, 9.17) is 0 Å². The van der Waals surface area contributed by atoms with E-state index in [1.54, 1.807) is 18.2 Å². The van der Waals surface area contributed by atoms with E-state index in [-0.39, 0.29) is 5.91 Å². The first-order valence-electron chi connectivity index (χ1n) is 9.03. The van der Waals surface area contributed by atoms with Gasteiger partial charge in [0.05, 0.1) is 12.7 Å². The third-order valence-corrected chi connectivity index (χ3v) is 4.27. The van der Waals surface area contributed by atoms with E-state index in [2.05, 4.69) is 27.5 Å². The van der Waals surface area contributed by atoms with Gasteiger partial charge in [-0.25, -0.2) is 4.79 Å². The Balaban J connectivity index is 1.55. The van der Waals surface area contributed by atoms with E-state index in [0.29, 0.717) is 16.8 Å². The molecule has 0 unspecified atom stereocenters. The second kappa shape index (κ2) is 9.37. The highest BCUT2D eigenvalue weighted by Gasteiger charge is 2.11. The number of carbonyl (C=O) groups excluding carboxylic acids is 2. The van der Waals surface area contributed by atoms with Crippen LogP contribution < -0.4 is 10.6 Å². The third-order valence-electron chi connectivity index (χ3n) is 4.27. The van der Waals surface area contributed by atoms with E-state index < -0.39 is 5.97 Å². The number of ether oxygens (including phenoxy) is 1. The largest absolute Gasteiger partial charge is 0.465 e. The van der Waals surface area contributed by atoms with Gasteiger partial charge < -0.3 is 15.4 Å². The first-order chi connectivity index (χ1) is 13.7. The van der Waals surface area contributed by atoms with Crippen molar-refractivity contribution >= 4 is 23.3 Å². The molecule has 1 amide bonds. The van der Waals surface area contributed by atoms with Crippen LogP contribution in [0.4, 0.5) is 11.4 Å². The van der Waals surface area contributed by atoms with Crippen LogP contribution in [0, 0.1) is 0 Å². The molecule has 2 N–H and O–H groups in total. The zero-order chi connectivity index (χ0) is 19.8. The van der Waals surface area contributed by atoms with Crippen LogP contribution in [0.3, 0.4) is 0 Å². The molecule has 0 fully saturated rings. The highest BCUT2D eigenvalue weighted by molar-refractivity contribution is 6.05. The molecule has 0 aromatic heterocycles. The fraction of sp³-hybridized carbons (Fsp3) is 0.130. The molecule has 0 radical (unpaired) electrons. The van der Waals surface area contributed by atoms with Crippen molar-refractivity contribution in [3.63, 3.8) is 0 Å². The molecule has 3 aromatic rings. The van der Waals surface area contributed by atoms with Crippen LogP contribution in [0.25, 0.3) is 0 Å². The average molecular weight is 374 g/mol. The maximum atomic E-state index is 12.4. The minimum atomic E-state index is -0.472. The van der Waals surface area contributed by atoms with Gasteiger partial charge in [0.25, 0.3) is 5.91 Å². The molecular weight excluding hydrogens is 352 g/mol. The number of carbonyl (C=O) groups is 2. The van der Waals surface area contributed by atoms with Crippen LogP contribution >= 0.6 is 0 Å². The van der Waals surface area contributed by atoms with Crippen molar-refractivity contribution in [2.75, 3.05) is 24.3 Å². The van der Waals surface area contributed by atoms with Gasteiger partial charge in [-0.2, -0.15) is 0 Å². The maximum Gasteiger partial charge on any atom is 0.337 e. The molecular formula is C23H22N2O3. The summed E-state index contributed by atoms with van der Waals surface area (Å²) >= 11 is 0. The Morgan fingerprint density at radius 2 is 1.50 bits per heavy atom. The molecule has 0 aliphatic heterocycles. The van der Waals surface area contributed by atoms with Crippen LogP contribution in [-0.4, -0.2) is 25.5 Å². The van der Waals surface area contributed by atoms with Crippen LogP contribution in [0.15, 0.2) is 78.9 Å². The molecule has 5 nitrogen and oxygen atoms in total. The van der Waals surface area contributed by atoms with Gasteiger partial charge in [-0.15, -0.1) is 0 Å². The van der Waals surface area contributed by atoms with E-state index in [0.717, 1.165) is 18.7 Å². The zero-order valence-corrected chi connectivity index (χ0v) is 15.6. The molecule has 142 valence electrons. The van der Waals surface area contributed by atoms with Gasteiger partial charge >= 0.3 is 5.97 Å². The van der Waals surface area contributed by atoms with Crippen molar-refractivity contribution in [2.45, 2.75) is 6.42 Å². The summed E-state index contributed by atoms with van der Waals surface area (Å²) in [5.41, 5.74) is 3.69. The van der Waals surface area contributed by atoms with Gasteiger partial charge in [0, 0.05) is 23.5 Å². The Hall–Kier alpha value is -3.60. The summed E-state index contributed by atoms with van der Waals surface area (Å²) in [5.74, 6) is -0.754. The SMILES string of the molecule is COC(=O)c1cccc(C(=O)Nc2ccc(NCCc3ccccc3)cc2)c1. The zero-order valence-electron chi connectivity index (χ0n) is 15.6. The predicted octanol–water partition coefficient (Wildman–Crippen LogP) is 4.38. The molecule has 0 aliphatic carbocycles. The molecule has 28 heavy (non-hydrogen) atoms. The lowest BCUT2D eigenvalue weighted by Gasteiger charge is -2.09. The van der Waals surface area contributed by atoms with Crippen LogP contribution in [0.2, 0.25) is 0 Å². The molecule has 0 saturated carbocycles. The number of nitrogens with one attached hydrogen (secondary N) is 2. The second-order valence-corrected chi connectivity index (χ2v) is 6.27. The lowest BCUT2D eigenvalue weighted by molar-refractivity contribution is 0.0600. The maximum absolute atomic E-state index is 12.4. The van der Waals surface area contributed by atoms with Gasteiger partial charge in [0.2, 0.25) is 0 Å². The molecule has 0 bridgehead atoms. The Morgan fingerprint density at radius 3 is 2.21 bits per heavy atom. The smallest absolute Gasteiger partial charge is 0.337 e. The lowest BCUT2D eigenvalue weighted by atomic mass is 10.1. The Kier molecular flexibility index (Phi) is 6.41. The molecule has 0 atom stereocenters. The summed E-state index contributed by atoms with van der Waals surface area (Å²) in [6, 6.07) is 24.3. The average Bonchev–Trinajstić information content (AvgIpc) is 2.75. The second-order valence-electron chi connectivity index (χ2n) is 6.27. The summed E-state index contributed by atoms with van der Waals surface area (Å²) in [6.07, 6.45) is 0.940. The summed E-state index contributed by atoms with van der Waals surface area (Å²) in [7, 11) is 1.31. The van der Waals surface area contributed by atoms with Gasteiger partial charge in [0.1, 0.15) is 0 Å².